The molecule has 1 heterocycles. The lowest BCUT2D eigenvalue weighted by molar-refractivity contribution is -0.229. The zero-order valence-electron chi connectivity index (χ0n) is 14.1. The number of amides is 1. The molecular formula is C17H25NO6. The van der Waals surface area contributed by atoms with Gasteiger partial charge in [0.25, 0.3) is 0 Å². The van der Waals surface area contributed by atoms with E-state index in [-0.39, 0.29) is 18.8 Å². The van der Waals surface area contributed by atoms with Crippen LogP contribution in [0.25, 0.3) is 0 Å². The van der Waals surface area contributed by atoms with Crippen LogP contribution in [0.2, 0.25) is 0 Å². The molecule has 24 heavy (non-hydrogen) atoms. The molecule has 1 aliphatic heterocycles. The summed E-state index contributed by atoms with van der Waals surface area (Å²) in [5.41, 5.74) is 0.874. The Bertz CT molecular complexity index is 506. The lowest BCUT2D eigenvalue weighted by Gasteiger charge is -2.37. The lowest BCUT2D eigenvalue weighted by atomic mass is 10.0. The fourth-order valence-corrected chi connectivity index (χ4v) is 2.55. The fraction of sp³-hybridized carbons (Fsp3) is 0.588. The largest absolute Gasteiger partial charge is 0.497 e. The predicted octanol–water partition coefficient (Wildman–Crippen LogP) is 2.00. The smallest absolute Gasteiger partial charge is 0.407 e. The molecule has 7 heteroatoms. The molecule has 3 atom stereocenters. The number of hydrogen-bond acceptors (Lipinski definition) is 6. The van der Waals surface area contributed by atoms with Gasteiger partial charge in [-0.25, -0.2) is 4.79 Å². The van der Waals surface area contributed by atoms with Gasteiger partial charge in [-0.1, -0.05) is 12.1 Å². The van der Waals surface area contributed by atoms with E-state index in [1.54, 1.807) is 14.0 Å². The first kappa shape index (κ1) is 18.5. The molecule has 1 aliphatic rings. The van der Waals surface area contributed by atoms with Crippen molar-refractivity contribution in [2.75, 3.05) is 26.9 Å². The number of rotatable bonds is 7. The van der Waals surface area contributed by atoms with Gasteiger partial charge in [-0.3, -0.25) is 0 Å². The van der Waals surface area contributed by atoms with Crippen LogP contribution in [0.4, 0.5) is 4.79 Å². The van der Waals surface area contributed by atoms with Crippen molar-refractivity contribution in [1.82, 2.24) is 5.32 Å². The molecule has 1 aromatic carbocycles. The molecule has 1 saturated heterocycles. The second-order valence-electron chi connectivity index (χ2n) is 5.45. The quantitative estimate of drug-likeness (QED) is 0.790. The van der Waals surface area contributed by atoms with Crippen LogP contribution in [0.3, 0.4) is 0 Å². The van der Waals surface area contributed by atoms with Crippen LogP contribution in [-0.4, -0.2) is 50.3 Å². The maximum Gasteiger partial charge on any atom is 0.407 e. The molecule has 0 aromatic heterocycles. The molecule has 1 fully saturated rings. The normalized spacial score (nSPS) is 23.5. The summed E-state index contributed by atoms with van der Waals surface area (Å²) in [7, 11) is 1.61. The van der Waals surface area contributed by atoms with Crippen LogP contribution in [0.15, 0.2) is 24.3 Å². The van der Waals surface area contributed by atoms with Gasteiger partial charge in [-0.15, -0.1) is 0 Å². The second-order valence-corrected chi connectivity index (χ2v) is 5.45. The molecule has 1 unspecified atom stereocenters. The fourth-order valence-electron chi connectivity index (χ4n) is 2.55. The molecule has 0 bridgehead atoms. The zero-order chi connectivity index (χ0) is 17.4. The SMILES string of the molecule is CCOC(=O)N[C@@H]1CO[C@H](c2ccc(OC)cc2)OC1CCCO. The van der Waals surface area contributed by atoms with Crippen LogP contribution in [0, 0.1) is 0 Å². The number of benzene rings is 1. The number of aliphatic hydroxyl groups excluding tert-OH is 1. The third kappa shape index (κ3) is 5.09. The maximum absolute atomic E-state index is 11.6. The van der Waals surface area contributed by atoms with E-state index in [2.05, 4.69) is 5.32 Å². The third-order valence-corrected chi connectivity index (χ3v) is 3.79. The molecule has 2 N–H and O–H groups in total. The molecule has 0 spiro atoms. The van der Waals surface area contributed by atoms with E-state index in [1.165, 1.54) is 0 Å². The van der Waals surface area contributed by atoms with E-state index in [9.17, 15) is 4.79 Å². The van der Waals surface area contributed by atoms with Crippen LogP contribution < -0.4 is 10.1 Å². The van der Waals surface area contributed by atoms with Crippen molar-refractivity contribution in [3.8, 4) is 5.75 Å². The Morgan fingerprint density at radius 3 is 2.75 bits per heavy atom. The van der Waals surface area contributed by atoms with E-state index in [0.29, 0.717) is 26.1 Å². The van der Waals surface area contributed by atoms with E-state index in [1.807, 2.05) is 24.3 Å². The van der Waals surface area contributed by atoms with Gasteiger partial charge in [-0.05, 0) is 31.9 Å². The van der Waals surface area contributed by atoms with E-state index in [0.717, 1.165) is 11.3 Å². The van der Waals surface area contributed by atoms with Gasteiger partial charge in [0.05, 0.1) is 32.5 Å². The molecular weight excluding hydrogens is 314 g/mol. The van der Waals surface area contributed by atoms with Gasteiger partial charge in [0.15, 0.2) is 6.29 Å². The number of aliphatic hydroxyl groups is 1. The van der Waals surface area contributed by atoms with Gasteiger partial charge in [0.2, 0.25) is 0 Å². The Morgan fingerprint density at radius 2 is 2.12 bits per heavy atom. The van der Waals surface area contributed by atoms with Crippen LogP contribution >= 0.6 is 0 Å². The topological polar surface area (TPSA) is 86.3 Å². The minimum absolute atomic E-state index is 0.0695. The van der Waals surface area contributed by atoms with Gasteiger partial charge in [0, 0.05) is 12.2 Å². The Labute approximate surface area is 141 Å². The number of alkyl carbamates (subject to hydrolysis) is 1. The molecule has 0 aliphatic carbocycles. The summed E-state index contributed by atoms with van der Waals surface area (Å²) in [6.45, 7) is 2.43. The number of carbonyl (C=O) groups excluding carboxylic acids is 1. The average molecular weight is 339 g/mol. The summed E-state index contributed by atoms with van der Waals surface area (Å²) in [6.07, 6.45) is -0.0706. The molecule has 0 radical (unpaired) electrons. The molecule has 0 saturated carbocycles. The number of methoxy groups -OCH3 is 1. The summed E-state index contributed by atoms with van der Waals surface area (Å²) in [5, 5.41) is 11.8. The van der Waals surface area contributed by atoms with Crippen LogP contribution in [-0.2, 0) is 14.2 Å². The highest BCUT2D eigenvalue weighted by molar-refractivity contribution is 5.67. The Kier molecular flexibility index (Phi) is 7.30. The van der Waals surface area contributed by atoms with E-state index >= 15 is 0 Å². The van der Waals surface area contributed by atoms with Crippen molar-refractivity contribution >= 4 is 6.09 Å². The average Bonchev–Trinajstić information content (AvgIpc) is 2.61. The van der Waals surface area contributed by atoms with E-state index in [4.69, 9.17) is 24.1 Å². The Balaban J connectivity index is 2.01. The van der Waals surface area contributed by atoms with Crippen molar-refractivity contribution in [2.45, 2.75) is 38.2 Å². The van der Waals surface area contributed by atoms with Crippen LogP contribution in [0.5, 0.6) is 5.75 Å². The van der Waals surface area contributed by atoms with E-state index < -0.39 is 12.4 Å². The van der Waals surface area contributed by atoms with Crippen molar-refractivity contribution in [3.63, 3.8) is 0 Å². The molecule has 1 amide bonds. The molecule has 1 aromatic rings. The minimum Gasteiger partial charge on any atom is -0.497 e. The van der Waals surface area contributed by atoms with Crippen molar-refractivity contribution in [3.05, 3.63) is 29.8 Å². The number of hydrogen-bond donors (Lipinski definition) is 2. The summed E-state index contributed by atoms with van der Waals surface area (Å²) in [4.78, 5) is 11.6. The zero-order valence-corrected chi connectivity index (χ0v) is 14.1. The lowest BCUT2D eigenvalue weighted by Crippen LogP contribution is -2.51. The highest BCUT2D eigenvalue weighted by Crippen LogP contribution is 2.29. The summed E-state index contributed by atoms with van der Waals surface area (Å²) >= 11 is 0. The monoisotopic (exact) mass is 339 g/mol. The summed E-state index contributed by atoms with van der Waals surface area (Å²) < 4.78 is 21.8. The minimum atomic E-state index is -0.514. The highest BCUT2D eigenvalue weighted by Gasteiger charge is 2.33. The predicted molar refractivity (Wildman–Crippen MR) is 86.8 cm³/mol. The van der Waals surface area contributed by atoms with Crippen molar-refractivity contribution in [1.29, 1.82) is 0 Å². The maximum atomic E-state index is 11.6. The molecule has 2 rings (SSSR count). The summed E-state index contributed by atoms with van der Waals surface area (Å²) in [5.74, 6) is 0.758. The van der Waals surface area contributed by atoms with Crippen molar-refractivity contribution < 1.29 is 28.8 Å². The second kappa shape index (κ2) is 9.46. The van der Waals surface area contributed by atoms with Gasteiger partial charge in [-0.2, -0.15) is 0 Å². The molecule has 7 nitrogen and oxygen atoms in total. The Morgan fingerprint density at radius 1 is 1.38 bits per heavy atom. The molecule has 134 valence electrons. The number of nitrogens with one attached hydrogen (secondary N) is 1. The first-order valence-electron chi connectivity index (χ1n) is 8.13. The third-order valence-electron chi connectivity index (χ3n) is 3.79. The van der Waals surface area contributed by atoms with Crippen molar-refractivity contribution in [2.24, 2.45) is 0 Å². The number of carbonyl (C=O) groups is 1. The summed E-state index contributed by atoms with van der Waals surface area (Å²) in [6, 6.07) is 7.13. The number of ether oxygens (including phenoxy) is 4. The van der Waals surface area contributed by atoms with Crippen LogP contribution in [0.1, 0.15) is 31.6 Å². The van der Waals surface area contributed by atoms with Gasteiger partial charge >= 0.3 is 6.09 Å². The highest BCUT2D eigenvalue weighted by atomic mass is 16.7. The Hall–Kier alpha value is -1.83. The first-order valence-corrected chi connectivity index (χ1v) is 8.13. The van der Waals surface area contributed by atoms with Gasteiger partial charge in [0.1, 0.15) is 5.75 Å². The first-order chi connectivity index (χ1) is 11.7. The van der Waals surface area contributed by atoms with Gasteiger partial charge < -0.3 is 29.4 Å². The standard InChI is InChI=1S/C17H25NO6/c1-3-22-17(20)18-14-11-23-16(24-15(14)5-4-10-19)12-6-8-13(21-2)9-7-12/h6-9,14-16,19H,3-5,10-11H2,1-2H3,(H,18,20)/t14-,15?,16+/m1/s1.